The Kier molecular flexibility index (Phi) is 3.92. The van der Waals surface area contributed by atoms with Crippen molar-refractivity contribution in [3.63, 3.8) is 0 Å². The number of hydrogen-bond acceptors (Lipinski definition) is 2. The van der Waals surface area contributed by atoms with Gasteiger partial charge in [-0.15, -0.1) is 0 Å². The van der Waals surface area contributed by atoms with Crippen molar-refractivity contribution in [3.8, 4) is 11.8 Å². The Bertz CT molecular complexity index is 861. The van der Waals surface area contributed by atoms with Crippen molar-refractivity contribution in [2.45, 2.75) is 19.0 Å². The fourth-order valence-corrected chi connectivity index (χ4v) is 3.03. The minimum Gasteiger partial charge on any atom is -0.371 e. The molecule has 1 aromatic carbocycles. The molecule has 0 unspecified atom stereocenters. The molecule has 0 bridgehead atoms. The maximum Gasteiger partial charge on any atom is 0.138 e. The molecule has 0 amide bonds. The van der Waals surface area contributed by atoms with Gasteiger partial charge in [0, 0.05) is 35.9 Å². The predicted octanol–water partition coefficient (Wildman–Crippen LogP) is 3.90. The van der Waals surface area contributed by atoms with Gasteiger partial charge in [-0.1, -0.05) is 5.92 Å². The lowest BCUT2D eigenvalue weighted by Gasteiger charge is -2.30. The molecule has 0 aliphatic carbocycles. The average Bonchev–Trinajstić information content (AvgIpc) is 3.04. The van der Waals surface area contributed by atoms with E-state index >= 15 is 0 Å². The van der Waals surface area contributed by atoms with Gasteiger partial charge in [0.2, 0.25) is 0 Å². The monoisotopic (exact) mass is 319 g/mol. The molecule has 4 heteroatoms. The van der Waals surface area contributed by atoms with Crippen LogP contribution in [-0.4, -0.2) is 29.2 Å². The lowest BCUT2D eigenvalue weighted by molar-refractivity contribution is 0.277. The van der Waals surface area contributed by atoms with Crippen molar-refractivity contribution in [1.29, 1.82) is 0 Å². The number of aromatic amines is 1. The van der Waals surface area contributed by atoms with Crippen LogP contribution in [-0.2, 0) is 0 Å². The molecule has 1 aliphatic heterocycles. The molecule has 1 N–H and O–H groups in total. The molecule has 3 nitrogen and oxygen atoms in total. The van der Waals surface area contributed by atoms with E-state index in [0.717, 1.165) is 41.1 Å². The van der Waals surface area contributed by atoms with Crippen molar-refractivity contribution >= 4 is 16.7 Å². The summed E-state index contributed by atoms with van der Waals surface area (Å²) < 4.78 is 13.2. The summed E-state index contributed by atoms with van der Waals surface area (Å²) in [6.07, 6.45) is 2.36. The standard InChI is InChI=1S/C20H18FN3/c21-17-9-12-24(13-10-17)19-7-4-15(5-8-19)3-6-18-14-16-2-1-11-22-20(16)23-18/h1-2,4-5,7-8,11,14,17H,9-10,12-13H2,(H,22,23). The third-order valence-electron chi connectivity index (χ3n) is 4.39. The van der Waals surface area contributed by atoms with E-state index in [9.17, 15) is 4.39 Å². The Labute approximate surface area is 140 Å². The van der Waals surface area contributed by atoms with Crippen molar-refractivity contribution < 1.29 is 4.39 Å². The van der Waals surface area contributed by atoms with Crippen LogP contribution in [0.1, 0.15) is 24.1 Å². The normalized spacial score (nSPS) is 15.3. The number of anilines is 1. The molecular weight excluding hydrogens is 301 g/mol. The number of piperidine rings is 1. The van der Waals surface area contributed by atoms with Gasteiger partial charge >= 0.3 is 0 Å². The summed E-state index contributed by atoms with van der Waals surface area (Å²) in [5, 5.41) is 1.06. The smallest absolute Gasteiger partial charge is 0.138 e. The van der Waals surface area contributed by atoms with Gasteiger partial charge in [-0.2, -0.15) is 0 Å². The van der Waals surface area contributed by atoms with Crippen LogP contribution < -0.4 is 4.90 Å². The Morgan fingerprint density at radius 2 is 1.88 bits per heavy atom. The second-order valence-electron chi connectivity index (χ2n) is 6.08. The van der Waals surface area contributed by atoms with E-state index in [-0.39, 0.29) is 0 Å². The first kappa shape index (κ1) is 14.8. The fraction of sp³-hybridized carbons (Fsp3) is 0.250. The summed E-state index contributed by atoms with van der Waals surface area (Å²) in [5.41, 5.74) is 3.82. The number of H-pyrrole nitrogens is 1. The third-order valence-corrected chi connectivity index (χ3v) is 4.39. The largest absolute Gasteiger partial charge is 0.371 e. The second kappa shape index (κ2) is 6.37. The number of hydrogen-bond donors (Lipinski definition) is 1. The fourth-order valence-electron chi connectivity index (χ4n) is 3.03. The molecule has 3 heterocycles. The highest BCUT2D eigenvalue weighted by Gasteiger charge is 2.18. The van der Waals surface area contributed by atoms with Gasteiger partial charge in [-0.25, -0.2) is 9.37 Å². The number of benzene rings is 1. The van der Waals surface area contributed by atoms with Crippen molar-refractivity contribution in [2.24, 2.45) is 0 Å². The lowest BCUT2D eigenvalue weighted by atomic mass is 10.1. The van der Waals surface area contributed by atoms with Gasteiger partial charge in [0.15, 0.2) is 0 Å². The van der Waals surface area contributed by atoms with Gasteiger partial charge in [-0.05, 0) is 61.2 Å². The molecule has 1 aliphatic rings. The van der Waals surface area contributed by atoms with Crippen molar-refractivity contribution in [1.82, 2.24) is 9.97 Å². The quantitative estimate of drug-likeness (QED) is 0.690. The number of nitrogens with zero attached hydrogens (tertiary/aromatic N) is 2. The molecule has 0 saturated carbocycles. The highest BCUT2D eigenvalue weighted by molar-refractivity contribution is 5.77. The lowest BCUT2D eigenvalue weighted by Crippen LogP contribution is -2.34. The van der Waals surface area contributed by atoms with Gasteiger partial charge in [0.1, 0.15) is 11.8 Å². The summed E-state index contributed by atoms with van der Waals surface area (Å²) in [4.78, 5) is 9.71. The number of fused-ring (bicyclic) bond motifs is 1. The summed E-state index contributed by atoms with van der Waals surface area (Å²) in [7, 11) is 0. The van der Waals surface area contributed by atoms with Gasteiger partial charge in [0.05, 0.1) is 5.69 Å². The maximum absolute atomic E-state index is 13.2. The summed E-state index contributed by atoms with van der Waals surface area (Å²) >= 11 is 0. The molecule has 1 saturated heterocycles. The van der Waals surface area contributed by atoms with Gasteiger partial charge in [0.25, 0.3) is 0 Å². The zero-order valence-electron chi connectivity index (χ0n) is 13.3. The van der Waals surface area contributed by atoms with E-state index < -0.39 is 6.17 Å². The van der Waals surface area contributed by atoms with E-state index in [0.29, 0.717) is 12.8 Å². The minimum atomic E-state index is -0.641. The van der Waals surface area contributed by atoms with Crippen LogP contribution in [0, 0.1) is 11.8 Å². The molecule has 3 aromatic rings. The van der Waals surface area contributed by atoms with Gasteiger partial charge in [-0.3, -0.25) is 0 Å². The molecule has 0 radical (unpaired) electrons. The van der Waals surface area contributed by atoms with Crippen molar-refractivity contribution in [3.05, 3.63) is 59.9 Å². The Hall–Kier alpha value is -2.80. The zero-order valence-corrected chi connectivity index (χ0v) is 13.3. The Balaban J connectivity index is 1.49. The number of alkyl halides is 1. The van der Waals surface area contributed by atoms with Crippen LogP contribution in [0.2, 0.25) is 0 Å². The Morgan fingerprint density at radius 3 is 2.62 bits per heavy atom. The molecule has 120 valence electrons. The minimum absolute atomic E-state index is 0.621. The summed E-state index contributed by atoms with van der Waals surface area (Å²) in [6.45, 7) is 1.57. The molecule has 1 fully saturated rings. The molecule has 24 heavy (non-hydrogen) atoms. The maximum atomic E-state index is 13.2. The van der Waals surface area contributed by atoms with E-state index in [1.54, 1.807) is 6.20 Å². The van der Waals surface area contributed by atoms with E-state index in [1.807, 2.05) is 30.3 Å². The topological polar surface area (TPSA) is 31.9 Å². The number of halogens is 1. The van der Waals surface area contributed by atoms with E-state index in [4.69, 9.17) is 0 Å². The highest BCUT2D eigenvalue weighted by Crippen LogP contribution is 2.21. The number of rotatable bonds is 1. The molecule has 4 rings (SSSR count). The SMILES string of the molecule is FC1CCN(c2ccc(C#Cc3cc4cccnc4[nH]3)cc2)CC1. The number of nitrogens with one attached hydrogen (secondary N) is 1. The van der Waals surface area contributed by atoms with Crippen LogP contribution in [0.3, 0.4) is 0 Å². The van der Waals surface area contributed by atoms with Crippen LogP contribution in [0.5, 0.6) is 0 Å². The zero-order chi connectivity index (χ0) is 16.4. The summed E-state index contributed by atoms with van der Waals surface area (Å²) in [5.74, 6) is 6.32. The first-order chi connectivity index (χ1) is 11.8. The van der Waals surface area contributed by atoms with Crippen LogP contribution in [0.4, 0.5) is 10.1 Å². The number of pyridine rings is 1. The van der Waals surface area contributed by atoms with E-state index in [1.165, 1.54) is 0 Å². The van der Waals surface area contributed by atoms with Crippen LogP contribution >= 0.6 is 0 Å². The molecule has 0 spiro atoms. The molecule has 2 aromatic heterocycles. The van der Waals surface area contributed by atoms with Gasteiger partial charge < -0.3 is 9.88 Å². The Morgan fingerprint density at radius 1 is 1.08 bits per heavy atom. The highest BCUT2D eigenvalue weighted by atomic mass is 19.1. The first-order valence-corrected chi connectivity index (χ1v) is 8.23. The summed E-state index contributed by atoms with van der Waals surface area (Å²) in [6, 6.07) is 14.1. The van der Waals surface area contributed by atoms with Crippen molar-refractivity contribution in [2.75, 3.05) is 18.0 Å². The first-order valence-electron chi connectivity index (χ1n) is 8.23. The van der Waals surface area contributed by atoms with Crippen LogP contribution in [0.25, 0.3) is 11.0 Å². The predicted molar refractivity (Wildman–Crippen MR) is 94.9 cm³/mol. The molecular formula is C20H18FN3. The average molecular weight is 319 g/mol. The van der Waals surface area contributed by atoms with E-state index in [2.05, 4.69) is 38.8 Å². The third kappa shape index (κ3) is 3.11. The number of aromatic nitrogens is 2. The van der Waals surface area contributed by atoms with Crippen LogP contribution in [0.15, 0.2) is 48.7 Å². The molecule has 0 atom stereocenters. The second-order valence-corrected chi connectivity index (χ2v) is 6.08.